The van der Waals surface area contributed by atoms with E-state index in [-0.39, 0.29) is 17.4 Å². The summed E-state index contributed by atoms with van der Waals surface area (Å²) in [6, 6.07) is 6.00. The van der Waals surface area contributed by atoms with Crippen molar-refractivity contribution in [2.24, 2.45) is 0 Å². The first-order valence-corrected chi connectivity index (χ1v) is 5.54. The van der Waals surface area contributed by atoms with Gasteiger partial charge in [0.1, 0.15) is 5.75 Å². The number of carbonyl (C=O) groups excluding carboxylic acids is 1. The van der Waals surface area contributed by atoms with Crippen LogP contribution in [0.25, 0.3) is 0 Å². The average molecular weight is 258 g/mol. The summed E-state index contributed by atoms with van der Waals surface area (Å²) in [6.07, 6.45) is 0. The van der Waals surface area contributed by atoms with Gasteiger partial charge < -0.3 is 15.4 Å². The van der Waals surface area contributed by atoms with Crippen LogP contribution in [0, 0.1) is 0 Å². The summed E-state index contributed by atoms with van der Waals surface area (Å²) >= 11 is 0. The highest BCUT2D eigenvalue weighted by molar-refractivity contribution is 5.96. The van der Waals surface area contributed by atoms with Crippen molar-refractivity contribution in [2.45, 2.75) is 19.6 Å². The fourth-order valence-corrected chi connectivity index (χ4v) is 1.30. The van der Waals surface area contributed by atoms with Crippen molar-refractivity contribution >= 4 is 5.91 Å². The second-order valence-electron chi connectivity index (χ2n) is 3.77. The Morgan fingerprint density at radius 1 is 1.39 bits per heavy atom. The lowest BCUT2D eigenvalue weighted by Gasteiger charge is -2.13. The molecular formula is C12H16F2N2O2. The van der Waals surface area contributed by atoms with Crippen molar-refractivity contribution in [3.8, 4) is 5.75 Å². The Balaban J connectivity index is 2.72. The van der Waals surface area contributed by atoms with Crippen molar-refractivity contribution in [3.63, 3.8) is 0 Å². The van der Waals surface area contributed by atoms with Crippen LogP contribution in [0.15, 0.2) is 24.3 Å². The first-order valence-electron chi connectivity index (χ1n) is 5.54. The van der Waals surface area contributed by atoms with E-state index in [4.69, 9.17) is 0 Å². The zero-order chi connectivity index (χ0) is 13.5. The van der Waals surface area contributed by atoms with Crippen LogP contribution in [0.4, 0.5) is 8.78 Å². The standard InChI is InChI=1S/C12H16F2N2O2/c1-8(15-2)7-16-11(17)9-5-3-4-6-10(9)18-12(13)14/h3-6,8,12,15H,7H2,1-2H3,(H,16,17). The van der Waals surface area contributed by atoms with Crippen molar-refractivity contribution in [2.75, 3.05) is 13.6 Å². The van der Waals surface area contributed by atoms with E-state index in [0.717, 1.165) is 0 Å². The molecule has 0 aliphatic carbocycles. The van der Waals surface area contributed by atoms with Gasteiger partial charge in [0.25, 0.3) is 5.91 Å². The zero-order valence-corrected chi connectivity index (χ0v) is 10.2. The van der Waals surface area contributed by atoms with Crippen LogP contribution in [0.1, 0.15) is 17.3 Å². The maximum Gasteiger partial charge on any atom is 0.387 e. The van der Waals surface area contributed by atoms with E-state index < -0.39 is 12.5 Å². The van der Waals surface area contributed by atoms with Gasteiger partial charge in [0.05, 0.1) is 5.56 Å². The molecule has 1 aromatic rings. The molecule has 1 aromatic carbocycles. The summed E-state index contributed by atoms with van der Waals surface area (Å²) in [6.45, 7) is -0.657. The second kappa shape index (κ2) is 6.90. The smallest absolute Gasteiger partial charge is 0.387 e. The number of benzene rings is 1. The lowest BCUT2D eigenvalue weighted by atomic mass is 10.2. The van der Waals surface area contributed by atoms with E-state index in [1.54, 1.807) is 13.1 Å². The predicted octanol–water partition coefficient (Wildman–Crippen LogP) is 1.63. The number of alkyl halides is 2. The minimum absolute atomic E-state index is 0.0946. The van der Waals surface area contributed by atoms with Crippen molar-refractivity contribution < 1.29 is 18.3 Å². The third-order valence-electron chi connectivity index (χ3n) is 2.41. The summed E-state index contributed by atoms with van der Waals surface area (Å²) in [5.74, 6) is -0.560. The van der Waals surface area contributed by atoms with E-state index in [1.165, 1.54) is 18.2 Å². The first-order chi connectivity index (χ1) is 8.54. The normalized spacial score (nSPS) is 12.3. The minimum atomic E-state index is -2.95. The van der Waals surface area contributed by atoms with Gasteiger partial charge in [-0.3, -0.25) is 4.79 Å². The largest absolute Gasteiger partial charge is 0.434 e. The molecule has 0 spiro atoms. The third kappa shape index (κ3) is 4.29. The molecule has 0 aliphatic rings. The summed E-state index contributed by atoms with van der Waals surface area (Å²) in [7, 11) is 1.77. The molecule has 1 atom stereocenters. The van der Waals surface area contributed by atoms with E-state index >= 15 is 0 Å². The molecule has 0 bridgehead atoms. The molecule has 4 nitrogen and oxygen atoms in total. The topological polar surface area (TPSA) is 50.4 Å². The van der Waals surface area contributed by atoms with E-state index in [9.17, 15) is 13.6 Å². The molecule has 0 fully saturated rings. The van der Waals surface area contributed by atoms with Gasteiger partial charge in [-0.15, -0.1) is 0 Å². The Morgan fingerprint density at radius 3 is 2.67 bits per heavy atom. The van der Waals surface area contributed by atoms with E-state index in [2.05, 4.69) is 15.4 Å². The van der Waals surface area contributed by atoms with E-state index in [0.29, 0.717) is 6.54 Å². The molecule has 0 radical (unpaired) electrons. The number of ether oxygens (including phenoxy) is 1. The van der Waals surface area contributed by atoms with E-state index in [1.807, 2.05) is 6.92 Å². The predicted molar refractivity (Wildman–Crippen MR) is 63.9 cm³/mol. The molecule has 6 heteroatoms. The van der Waals surface area contributed by atoms with Gasteiger partial charge in [-0.05, 0) is 26.1 Å². The molecule has 0 saturated heterocycles. The molecule has 0 aromatic heterocycles. The number of halogens is 2. The lowest BCUT2D eigenvalue weighted by molar-refractivity contribution is -0.0501. The van der Waals surface area contributed by atoms with Crippen LogP contribution >= 0.6 is 0 Å². The zero-order valence-electron chi connectivity index (χ0n) is 10.2. The van der Waals surface area contributed by atoms with Gasteiger partial charge in [-0.1, -0.05) is 12.1 Å². The summed E-state index contributed by atoms with van der Waals surface area (Å²) < 4.78 is 28.6. The monoisotopic (exact) mass is 258 g/mol. The number of hydrogen-bond donors (Lipinski definition) is 2. The maximum absolute atomic E-state index is 12.2. The quantitative estimate of drug-likeness (QED) is 0.815. The third-order valence-corrected chi connectivity index (χ3v) is 2.41. The van der Waals surface area contributed by atoms with Gasteiger partial charge in [0.15, 0.2) is 0 Å². The van der Waals surface area contributed by atoms with Crippen LogP contribution in [0.2, 0.25) is 0 Å². The number of hydrogen-bond acceptors (Lipinski definition) is 3. The Kier molecular flexibility index (Phi) is 5.51. The molecule has 0 saturated carbocycles. The highest BCUT2D eigenvalue weighted by Crippen LogP contribution is 2.19. The van der Waals surface area contributed by atoms with Gasteiger partial charge in [0.2, 0.25) is 0 Å². The van der Waals surface area contributed by atoms with Crippen molar-refractivity contribution in [1.82, 2.24) is 10.6 Å². The average Bonchev–Trinajstić information content (AvgIpc) is 2.35. The number of nitrogens with one attached hydrogen (secondary N) is 2. The van der Waals surface area contributed by atoms with Gasteiger partial charge in [-0.2, -0.15) is 8.78 Å². The Hall–Kier alpha value is -1.69. The minimum Gasteiger partial charge on any atom is -0.434 e. The van der Waals surface area contributed by atoms with Crippen LogP contribution < -0.4 is 15.4 Å². The summed E-state index contributed by atoms with van der Waals surface area (Å²) in [5.41, 5.74) is 0.0982. The molecule has 100 valence electrons. The van der Waals surface area contributed by atoms with Gasteiger partial charge in [0, 0.05) is 12.6 Å². The molecule has 1 amide bonds. The number of para-hydroxylation sites is 1. The molecule has 0 heterocycles. The van der Waals surface area contributed by atoms with Crippen LogP contribution in [-0.4, -0.2) is 32.2 Å². The molecule has 18 heavy (non-hydrogen) atoms. The van der Waals surface area contributed by atoms with Crippen LogP contribution in [0.3, 0.4) is 0 Å². The Bertz CT molecular complexity index is 399. The number of rotatable bonds is 6. The fraction of sp³-hybridized carbons (Fsp3) is 0.417. The second-order valence-corrected chi connectivity index (χ2v) is 3.77. The Labute approximate surface area is 104 Å². The molecule has 2 N–H and O–H groups in total. The van der Waals surface area contributed by atoms with Crippen molar-refractivity contribution in [3.05, 3.63) is 29.8 Å². The first kappa shape index (κ1) is 14.4. The maximum atomic E-state index is 12.2. The summed E-state index contributed by atoms with van der Waals surface area (Å²) in [4.78, 5) is 11.8. The number of amides is 1. The SMILES string of the molecule is CNC(C)CNC(=O)c1ccccc1OC(F)F. The van der Waals surface area contributed by atoms with Crippen molar-refractivity contribution in [1.29, 1.82) is 0 Å². The number of likely N-dealkylation sites (N-methyl/N-ethyl adjacent to an activating group) is 1. The molecule has 1 unspecified atom stereocenters. The fourth-order valence-electron chi connectivity index (χ4n) is 1.30. The van der Waals surface area contributed by atoms with Gasteiger partial charge in [-0.25, -0.2) is 0 Å². The molecule has 1 rings (SSSR count). The Morgan fingerprint density at radius 2 is 2.06 bits per heavy atom. The highest BCUT2D eigenvalue weighted by Gasteiger charge is 2.15. The lowest BCUT2D eigenvalue weighted by Crippen LogP contribution is -2.37. The van der Waals surface area contributed by atoms with Crippen LogP contribution in [0.5, 0.6) is 5.75 Å². The summed E-state index contributed by atoms with van der Waals surface area (Å²) in [5, 5.41) is 5.59. The molecule has 0 aliphatic heterocycles. The van der Waals surface area contributed by atoms with Crippen LogP contribution in [-0.2, 0) is 0 Å². The number of carbonyl (C=O) groups is 1. The molecular weight excluding hydrogens is 242 g/mol. The van der Waals surface area contributed by atoms with Gasteiger partial charge >= 0.3 is 6.61 Å². The highest BCUT2D eigenvalue weighted by atomic mass is 19.3.